The second-order valence-electron chi connectivity index (χ2n) is 11.5. The van der Waals surface area contributed by atoms with Crippen molar-refractivity contribution in [2.75, 3.05) is 46.1 Å². The van der Waals surface area contributed by atoms with Crippen molar-refractivity contribution in [3.63, 3.8) is 0 Å². The van der Waals surface area contributed by atoms with Gasteiger partial charge in [-0.05, 0) is 25.7 Å². The largest absolute Gasteiger partial charge is 0.481 e. The summed E-state index contributed by atoms with van der Waals surface area (Å²) in [6.07, 6.45) is 5.90. The average Bonchev–Trinajstić information content (AvgIpc) is 3.70. The zero-order valence-corrected chi connectivity index (χ0v) is 24.2. The Morgan fingerprint density at radius 3 is 2.37 bits per heavy atom. The van der Waals surface area contributed by atoms with E-state index >= 15 is 0 Å². The van der Waals surface area contributed by atoms with Crippen LogP contribution in [0.15, 0.2) is 12.2 Å². The highest BCUT2D eigenvalue weighted by molar-refractivity contribution is 6.05. The van der Waals surface area contributed by atoms with Gasteiger partial charge in [-0.3, -0.25) is 33.6 Å². The number of carboxylic acid groups (broad SMARTS) is 1. The second kappa shape index (κ2) is 14.9. The summed E-state index contributed by atoms with van der Waals surface area (Å²) in [5.74, 6) is -3.83. The number of ether oxygens (including phenoxy) is 3. The van der Waals surface area contributed by atoms with Gasteiger partial charge in [-0.2, -0.15) is 5.06 Å². The first-order valence-electron chi connectivity index (χ1n) is 15.5. The van der Waals surface area contributed by atoms with Crippen LogP contribution in [0.3, 0.4) is 0 Å². The Morgan fingerprint density at radius 2 is 1.72 bits per heavy atom. The number of hydrogen-bond donors (Lipinski definition) is 2. The summed E-state index contributed by atoms with van der Waals surface area (Å²) < 4.78 is 24.0. The van der Waals surface area contributed by atoms with Crippen LogP contribution in [0.2, 0.25) is 0 Å². The van der Waals surface area contributed by atoms with Crippen LogP contribution in [0.5, 0.6) is 0 Å². The van der Waals surface area contributed by atoms with Crippen LogP contribution in [0, 0.1) is 17.3 Å². The summed E-state index contributed by atoms with van der Waals surface area (Å²) in [4.78, 5) is 79.0. The third-order valence-corrected chi connectivity index (χ3v) is 8.20. The molecule has 4 amide bonds. The van der Waals surface area contributed by atoms with Gasteiger partial charge in [-0.15, -0.1) is 0 Å². The van der Waals surface area contributed by atoms with E-state index in [2.05, 4.69) is 5.32 Å². The van der Waals surface area contributed by atoms with E-state index in [0.717, 1.165) is 11.5 Å². The van der Waals surface area contributed by atoms with Crippen LogP contribution in [-0.4, -0.2) is 109 Å². The molecule has 4 rings (SSSR count). The Hall–Kier alpha value is -3.36. The van der Waals surface area contributed by atoms with E-state index in [1.165, 1.54) is 0 Å². The smallest absolute Gasteiger partial charge is 0.306 e. The van der Waals surface area contributed by atoms with Gasteiger partial charge in [0.2, 0.25) is 11.8 Å². The molecule has 2 N–H and O–H groups in total. The Bertz CT molecular complexity index is 1090. The minimum absolute atomic E-state index is 0.0274. The number of nitrogens with one attached hydrogen (secondary N) is 1. The van der Waals surface area contributed by atoms with Gasteiger partial charge in [-0.25, -0.2) is 0 Å². The molecule has 0 aromatic carbocycles. The number of aliphatic carboxylic acids is 1. The van der Waals surface area contributed by atoms with Gasteiger partial charge in [0, 0.05) is 32.8 Å². The topological polar surface area (TPSA) is 178 Å². The molecule has 0 saturated carbocycles. The van der Waals surface area contributed by atoms with E-state index in [4.69, 9.17) is 25.5 Å². The highest BCUT2D eigenvalue weighted by Crippen LogP contribution is 2.45. The summed E-state index contributed by atoms with van der Waals surface area (Å²) >= 11 is 0. The van der Waals surface area contributed by atoms with Gasteiger partial charge in [0.05, 0.1) is 56.7 Å². The Morgan fingerprint density at radius 1 is 1.02 bits per heavy atom. The molecule has 0 aliphatic carbocycles. The minimum Gasteiger partial charge on any atom is -0.481 e. The number of nitrogens with zero attached hydrogens (tertiary/aromatic N) is 2. The number of hydroxylamine groups is 2. The molecule has 2 bridgehead atoms. The van der Waals surface area contributed by atoms with Gasteiger partial charge in [0.15, 0.2) is 0 Å². The lowest BCUT2D eigenvalue weighted by Crippen LogP contribution is -2.44. The lowest BCUT2D eigenvalue weighted by atomic mass is 9.81. The zero-order valence-electron chi connectivity index (χ0n) is 25.2. The summed E-state index contributed by atoms with van der Waals surface area (Å²) in [7, 11) is 0. The number of unbranched alkanes of at least 4 members (excludes halogenated alkanes) is 2. The first kappa shape index (κ1) is 31.1. The molecule has 4 aliphatic heterocycles. The Kier molecular flexibility index (Phi) is 10.8. The molecule has 14 heteroatoms. The van der Waals surface area contributed by atoms with Crippen LogP contribution in [0.4, 0.5) is 0 Å². The van der Waals surface area contributed by atoms with E-state index in [-0.39, 0.29) is 70.2 Å². The van der Waals surface area contributed by atoms with Gasteiger partial charge in [-0.1, -0.05) is 25.5 Å². The number of carbonyl (C=O) groups is 6. The zero-order chi connectivity index (χ0) is 31.7. The molecule has 0 aromatic rings. The number of hydrogen-bond acceptors (Lipinski definition) is 10. The van der Waals surface area contributed by atoms with Crippen molar-refractivity contribution in [3.05, 3.63) is 12.2 Å². The van der Waals surface area contributed by atoms with E-state index in [9.17, 15) is 28.8 Å². The number of amides is 4. The third kappa shape index (κ3) is 8.61. The lowest BCUT2D eigenvalue weighted by molar-refractivity contribution is -0.195. The van der Waals surface area contributed by atoms with Crippen molar-refractivity contribution < 1.29 is 54.3 Å². The normalized spacial score (nSPS) is 25.5. The molecule has 3 fully saturated rings. The second-order valence-corrected chi connectivity index (χ2v) is 11.5. The monoisotopic (exact) mass is 609 g/mol. The first-order chi connectivity index (χ1) is 21.1. The van der Waals surface area contributed by atoms with Crippen molar-refractivity contribution in [2.45, 2.75) is 70.5 Å². The van der Waals surface area contributed by atoms with Crippen LogP contribution in [0.1, 0.15) is 59.6 Å². The minimum atomic E-state index is -1.07. The maximum absolute atomic E-state index is 12.6. The molecular formula is C29H41N3O11. The van der Waals surface area contributed by atoms with Crippen molar-refractivity contribution in [1.29, 1.82) is 0 Å². The summed E-state index contributed by atoms with van der Waals surface area (Å²) in [5.41, 5.74) is -0.525. The van der Waals surface area contributed by atoms with E-state index < -0.39 is 41.0 Å². The quantitative estimate of drug-likeness (QED) is 0.102. The molecular weight excluding hydrogens is 566 g/mol. The fourth-order valence-electron chi connectivity index (χ4n) is 5.66. The lowest BCUT2D eigenvalue weighted by Gasteiger charge is -2.39. The predicted molar refractivity (Wildman–Crippen MR) is 147 cm³/mol. The molecule has 0 radical (unpaired) electrons. The molecule has 43 heavy (non-hydrogen) atoms. The highest BCUT2D eigenvalue weighted by Gasteiger charge is 2.61. The fraction of sp³-hybridized carbons (Fsp3) is 0.724. The number of likely N-dealkylation sites (tertiary alicyclic amines) is 1. The van der Waals surface area contributed by atoms with Gasteiger partial charge < -0.3 is 29.5 Å². The number of rotatable bonds is 17. The Labute approximate surface area is 251 Å². The third-order valence-electron chi connectivity index (χ3n) is 8.20. The molecule has 3 saturated heterocycles. The number of piperidine rings is 1. The summed E-state index contributed by atoms with van der Waals surface area (Å²) in [5, 5.41) is 12.2. The number of imide groups is 1. The Balaban J connectivity index is 0.985. The van der Waals surface area contributed by atoms with E-state index in [0.29, 0.717) is 51.7 Å². The van der Waals surface area contributed by atoms with Crippen LogP contribution >= 0.6 is 0 Å². The van der Waals surface area contributed by atoms with Crippen molar-refractivity contribution in [3.8, 4) is 0 Å². The molecule has 4 aliphatic rings. The predicted octanol–water partition coefficient (Wildman–Crippen LogP) is 0.586. The van der Waals surface area contributed by atoms with Gasteiger partial charge >= 0.3 is 11.9 Å². The summed E-state index contributed by atoms with van der Waals surface area (Å²) in [6, 6.07) is 0. The molecule has 14 nitrogen and oxygen atoms in total. The first-order valence-corrected chi connectivity index (χ1v) is 14.8. The maximum atomic E-state index is 12.6. The van der Waals surface area contributed by atoms with Crippen molar-refractivity contribution in [1.82, 2.24) is 15.3 Å². The fourth-order valence-corrected chi connectivity index (χ4v) is 5.66. The summed E-state index contributed by atoms with van der Waals surface area (Å²) in [6.45, 7) is 1.29. The van der Waals surface area contributed by atoms with Crippen molar-refractivity contribution >= 4 is 35.6 Å². The highest BCUT2D eigenvalue weighted by atomic mass is 16.7. The van der Waals surface area contributed by atoms with Crippen LogP contribution < -0.4 is 5.32 Å². The van der Waals surface area contributed by atoms with E-state index in [1.807, 2.05) is 0 Å². The van der Waals surface area contributed by atoms with E-state index in [1.54, 1.807) is 17.1 Å². The molecule has 4 atom stereocenters. The number of fused-ring (bicyclic) bond motifs is 5. The average molecular weight is 610 g/mol. The molecule has 4 unspecified atom stereocenters. The SMILES string of the molecule is [3H]CC1(COC(=O)CCC(=O)O)CCN(C(=O)CCCCCNC(=O)COCCON2C(=O)C3C4C=CC(O4)C3C2=O)CC1. The standard InChI is InChI=1S/C29H41N3O11/c1-29(18-41-24(37)9-8-23(35)36)10-13-31(14-11-29)22(34)5-3-2-4-12-30-21(33)17-40-15-16-42-32-27(38)25-19-6-7-20(43-19)26(25)28(32)39/h6-7,19-20,25-26H,2-5,8-18H2,1H3,(H,30,33)(H,35,36)/i1T. The van der Waals surface area contributed by atoms with Crippen LogP contribution in [-0.2, 0) is 47.8 Å². The molecule has 0 spiro atoms. The number of carboxylic acids is 1. The van der Waals surface area contributed by atoms with Crippen molar-refractivity contribution in [2.24, 2.45) is 17.3 Å². The number of esters is 1. The molecule has 4 heterocycles. The van der Waals surface area contributed by atoms with Gasteiger partial charge in [0.25, 0.3) is 11.8 Å². The maximum Gasteiger partial charge on any atom is 0.306 e. The van der Waals surface area contributed by atoms with Crippen LogP contribution in [0.25, 0.3) is 0 Å². The van der Waals surface area contributed by atoms with Gasteiger partial charge in [0.1, 0.15) is 6.61 Å². The molecule has 0 aromatic heterocycles. The number of carbonyl (C=O) groups excluding carboxylic acids is 5. The molecule has 238 valence electrons.